The maximum absolute atomic E-state index is 13.3. The van der Waals surface area contributed by atoms with Gasteiger partial charge in [-0.05, 0) is 47.3 Å². The Bertz CT molecular complexity index is 496. The molecule has 0 bridgehead atoms. The number of aliphatic hydroxyl groups excluding tert-OH is 1. The minimum Gasteiger partial charge on any atom is -0.396 e. The number of carbonyl (C=O) groups is 1. The van der Waals surface area contributed by atoms with E-state index in [2.05, 4.69) is 15.9 Å². The highest BCUT2D eigenvalue weighted by Crippen LogP contribution is 2.26. The molecule has 0 spiro atoms. The largest absolute Gasteiger partial charge is 0.396 e. The average molecular weight is 331 g/mol. The number of amides is 1. The van der Waals surface area contributed by atoms with Crippen LogP contribution in [-0.4, -0.2) is 35.1 Å². The van der Waals surface area contributed by atoms with Gasteiger partial charge in [-0.2, -0.15) is 0 Å². The van der Waals surface area contributed by atoms with Crippen molar-refractivity contribution in [3.05, 3.63) is 28.0 Å². The van der Waals surface area contributed by atoms with Crippen molar-refractivity contribution in [1.82, 2.24) is 4.90 Å². The van der Waals surface area contributed by atoms with Crippen molar-refractivity contribution < 1.29 is 14.3 Å². The number of hydrogen-bond donors (Lipinski definition) is 2. The SMILES string of the molecule is Nc1cc(C(=O)N2CCCCC2CO)c(Br)cc1F. The smallest absolute Gasteiger partial charge is 0.255 e. The third-order valence-corrected chi connectivity index (χ3v) is 4.07. The normalized spacial score (nSPS) is 19.5. The first-order chi connectivity index (χ1) is 9.04. The lowest BCUT2D eigenvalue weighted by Gasteiger charge is -2.35. The zero-order chi connectivity index (χ0) is 14.0. The molecule has 4 nitrogen and oxygen atoms in total. The maximum atomic E-state index is 13.3. The van der Waals surface area contributed by atoms with Crippen LogP contribution >= 0.6 is 15.9 Å². The Kier molecular flexibility index (Phi) is 4.42. The van der Waals surface area contributed by atoms with Gasteiger partial charge in [-0.1, -0.05) is 0 Å². The number of nitrogens with zero attached hydrogens (tertiary/aromatic N) is 1. The summed E-state index contributed by atoms with van der Waals surface area (Å²) in [6, 6.07) is 2.37. The minimum atomic E-state index is -0.555. The van der Waals surface area contributed by atoms with E-state index in [1.54, 1.807) is 4.90 Å². The first-order valence-electron chi connectivity index (χ1n) is 6.21. The third kappa shape index (κ3) is 2.90. The van der Waals surface area contributed by atoms with Gasteiger partial charge in [0.15, 0.2) is 0 Å². The van der Waals surface area contributed by atoms with E-state index < -0.39 is 5.82 Å². The van der Waals surface area contributed by atoms with Crippen LogP contribution in [0.25, 0.3) is 0 Å². The van der Waals surface area contributed by atoms with Gasteiger partial charge in [0.25, 0.3) is 5.91 Å². The molecule has 0 radical (unpaired) electrons. The summed E-state index contributed by atoms with van der Waals surface area (Å²) >= 11 is 3.18. The van der Waals surface area contributed by atoms with Crippen LogP contribution < -0.4 is 5.73 Å². The van der Waals surface area contributed by atoms with Crippen molar-refractivity contribution in [2.45, 2.75) is 25.3 Å². The summed E-state index contributed by atoms with van der Waals surface area (Å²) < 4.78 is 13.7. The van der Waals surface area contributed by atoms with Crippen molar-refractivity contribution in [2.75, 3.05) is 18.9 Å². The predicted octanol–water partition coefficient (Wildman–Crippen LogP) is 2.16. The Morgan fingerprint density at radius 3 is 2.95 bits per heavy atom. The van der Waals surface area contributed by atoms with E-state index in [0.29, 0.717) is 16.6 Å². The van der Waals surface area contributed by atoms with E-state index in [4.69, 9.17) is 5.73 Å². The molecule has 3 N–H and O–H groups in total. The molecular formula is C13H16BrFN2O2. The number of hydrogen-bond acceptors (Lipinski definition) is 3. The van der Waals surface area contributed by atoms with E-state index in [0.717, 1.165) is 19.3 Å². The topological polar surface area (TPSA) is 66.6 Å². The Labute approximate surface area is 119 Å². The monoisotopic (exact) mass is 330 g/mol. The fourth-order valence-electron chi connectivity index (χ4n) is 2.34. The Morgan fingerprint density at radius 2 is 2.26 bits per heavy atom. The van der Waals surface area contributed by atoms with Gasteiger partial charge in [-0.25, -0.2) is 4.39 Å². The van der Waals surface area contributed by atoms with E-state index in [1.807, 2.05) is 0 Å². The molecule has 2 rings (SSSR count). The highest BCUT2D eigenvalue weighted by Gasteiger charge is 2.28. The molecule has 1 heterocycles. The molecule has 1 aliphatic rings. The summed E-state index contributed by atoms with van der Waals surface area (Å²) in [5.74, 6) is -0.780. The highest BCUT2D eigenvalue weighted by atomic mass is 79.9. The van der Waals surface area contributed by atoms with Gasteiger partial charge in [-0.3, -0.25) is 4.79 Å². The highest BCUT2D eigenvalue weighted by molar-refractivity contribution is 9.10. The molecule has 1 saturated heterocycles. The molecule has 1 unspecified atom stereocenters. The molecule has 104 valence electrons. The van der Waals surface area contributed by atoms with Gasteiger partial charge in [0.05, 0.1) is 23.9 Å². The number of anilines is 1. The first-order valence-corrected chi connectivity index (χ1v) is 7.00. The first kappa shape index (κ1) is 14.3. The molecule has 1 amide bonds. The van der Waals surface area contributed by atoms with Gasteiger partial charge in [0.1, 0.15) is 5.82 Å². The molecule has 1 aromatic carbocycles. The second-order valence-electron chi connectivity index (χ2n) is 4.68. The van der Waals surface area contributed by atoms with Crippen LogP contribution in [-0.2, 0) is 0 Å². The van der Waals surface area contributed by atoms with E-state index in [9.17, 15) is 14.3 Å². The molecule has 1 atom stereocenters. The van der Waals surface area contributed by atoms with Crippen LogP contribution in [0.1, 0.15) is 29.6 Å². The number of aliphatic hydroxyl groups is 1. The van der Waals surface area contributed by atoms with E-state index in [1.165, 1.54) is 12.1 Å². The van der Waals surface area contributed by atoms with Crippen molar-refractivity contribution >= 4 is 27.5 Å². The van der Waals surface area contributed by atoms with Gasteiger partial charge in [0.2, 0.25) is 0 Å². The summed E-state index contributed by atoms with van der Waals surface area (Å²) in [6.45, 7) is 0.549. The third-order valence-electron chi connectivity index (χ3n) is 3.42. The number of carbonyl (C=O) groups excluding carboxylic acids is 1. The van der Waals surface area contributed by atoms with Crippen LogP contribution in [0.5, 0.6) is 0 Å². The summed E-state index contributed by atoms with van der Waals surface area (Å²) in [6.07, 6.45) is 2.70. The molecular weight excluding hydrogens is 315 g/mol. The van der Waals surface area contributed by atoms with Crippen LogP contribution in [0.2, 0.25) is 0 Å². The van der Waals surface area contributed by atoms with E-state index >= 15 is 0 Å². The van der Waals surface area contributed by atoms with Crippen LogP contribution in [0, 0.1) is 5.82 Å². The lowest BCUT2D eigenvalue weighted by atomic mass is 10.0. The number of benzene rings is 1. The number of nitrogens with two attached hydrogens (primary N) is 1. The fourth-order valence-corrected chi connectivity index (χ4v) is 2.83. The Hall–Kier alpha value is -1.14. The molecule has 6 heteroatoms. The van der Waals surface area contributed by atoms with Crippen molar-refractivity contribution in [1.29, 1.82) is 0 Å². The zero-order valence-electron chi connectivity index (χ0n) is 10.4. The molecule has 0 saturated carbocycles. The number of halogens is 2. The van der Waals surface area contributed by atoms with Crippen molar-refractivity contribution in [3.8, 4) is 0 Å². The average Bonchev–Trinajstić information content (AvgIpc) is 2.42. The second-order valence-corrected chi connectivity index (χ2v) is 5.54. The minimum absolute atomic E-state index is 0.0518. The quantitative estimate of drug-likeness (QED) is 0.816. The van der Waals surface area contributed by atoms with Crippen molar-refractivity contribution in [3.63, 3.8) is 0 Å². The molecule has 19 heavy (non-hydrogen) atoms. The maximum Gasteiger partial charge on any atom is 0.255 e. The predicted molar refractivity (Wildman–Crippen MR) is 74.3 cm³/mol. The van der Waals surface area contributed by atoms with Crippen LogP contribution in [0.3, 0.4) is 0 Å². The lowest BCUT2D eigenvalue weighted by molar-refractivity contribution is 0.0502. The molecule has 1 fully saturated rings. The van der Waals surface area contributed by atoms with Crippen molar-refractivity contribution in [2.24, 2.45) is 0 Å². The standard InChI is InChI=1S/C13H16BrFN2O2/c14-10-6-11(15)12(16)5-9(10)13(19)17-4-2-1-3-8(17)7-18/h5-6,8,18H,1-4,7,16H2. The summed E-state index contributed by atoms with van der Waals surface area (Å²) in [4.78, 5) is 14.1. The lowest BCUT2D eigenvalue weighted by Crippen LogP contribution is -2.45. The summed E-state index contributed by atoms with van der Waals surface area (Å²) in [5, 5.41) is 9.33. The van der Waals surface area contributed by atoms with Crippen LogP contribution in [0.4, 0.5) is 10.1 Å². The molecule has 0 aliphatic carbocycles. The van der Waals surface area contributed by atoms with Gasteiger partial charge in [0, 0.05) is 11.0 Å². The fraction of sp³-hybridized carbons (Fsp3) is 0.462. The molecule has 1 aliphatic heterocycles. The summed E-state index contributed by atoms with van der Waals surface area (Å²) in [7, 11) is 0. The Morgan fingerprint density at radius 1 is 1.53 bits per heavy atom. The number of piperidine rings is 1. The van der Waals surface area contributed by atoms with Gasteiger partial charge in [-0.15, -0.1) is 0 Å². The number of rotatable bonds is 2. The van der Waals surface area contributed by atoms with Crippen LogP contribution in [0.15, 0.2) is 16.6 Å². The number of likely N-dealkylation sites (tertiary alicyclic amines) is 1. The van der Waals surface area contributed by atoms with Gasteiger partial charge >= 0.3 is 0 Å². The zero-order valence-corrected chi connectivity index (χ0v) is 12.0. The number of nitrogen functional groups attached to an aromatic ring is 1. The van der Waals surface area contributed by atoms with Gasteiger partial charge < -0.3 is 15.7 Å². The molecule has 1 aromatic rings. The Balaban J connectivity index is 2.30. The van der Waals surface area contributed by atoms with E-state index in [-0.39, 0.29) is 24.2 Å². The molecule has 0 aromatic heterocycles. The second kappa shape index (κ2) is 5.88. The summed E-state index contributed by atoms with van der Waals surface area (Å²) in [5.41, 5.74) is 5.79.